The molecule has 17 heteroatoms. The van der Waals surface area contributed by atoms with Crippen LogP contribution in [0.5, 0.6) is 0 Å². The fraction of sp³-hybridized carbons (Fsp3) is 0.351. The first kappa shape index (κ1) is 36.3. The lowest BCUT2D eigenvalue weighted by molar-refractivity contribution is -0.125. The van der Waals surface area contributed by atoms with Crippen LogP contribution >= 0.6 is 0 Å². The normalized spacial score (nSPS) is 18.0. The fourth-order valence-corrected chi connectivity index (χ4v) is 7.34. The number of nitrogens with two attached hydrogens (primary N) is 1. The third-order valence-electron chi connectivity index (χ3n) is 10.2. The van der Waals surface area contributed by atoms with Crippen molar-refractivity contribution in [2.24, 2.45) is 5.73 Å². The molecule has 2 saturated heterocycles. The van der Waals surface area contributed by atoms with E-state index in [9.17, 15) is 24.0 Å². The number of nitrogens with one attached hydrogen (secondary N) is 2. The largest absolute Gasteiger partial charge is 0.404 e. The number of fused-ring (bicyclic) bond motifs is 2. The molecule has 0 radical (unpaired) electrons. The zero-order chi connectivity index (χ0) is 38.1. The van der Waals surface area contributed by atoms with Gasteiger partial charge in [0.1, 0.15) is 5.82 Å². The first-order chi connectivity index (χ1) is 26.0. The van der Waals surface area contributed by atoms with Crippen molar-refractivity contribution in [2.75, 3.05) is 42.9 Å². The van der Waals surface area contributed by atoms with Crippen molar-refractivity contribution in [1.82, 2.24) is 34.9 Å². The van der Waals surface area contributed by atoms with Gasteiger partial charge in [-0.05, 0) is 56.5 Å². The van der Waals surface area contributed by atoms with E-state index in [2.05, 4.69) is 25.3 Å². The highest BCUT2D eigenvalue weighted by Crippen LogP contribution is 2.36. The van der Waals surface area contributed by atoms with Crippen molar-refractivity contribution >= 4 is 57.9 Å². The fourth-order valence-electron chi connectivity index (χ4n) is 7.34. The lowest BCUT2D eigenvalue weighted by Gasteiger charge is -2.48. The molecule has 3 aliphatic rings. The number of carbonyl (C=O) groups is 5. The van der Waals surface area contributed by atoms with Crippen LogP contribution in [0, 0.1) is 5.82 Å². The van der Waals surface area contributed by atoms with E-state index in [1.807, 2.05) is 16.4 Å². The summed E-state index contributed by atoms with van der Waals surface area (Å²) in [5.74, 6) is -2.61. The smallest absolute Gasteiger partial charge is 0.261 e. The first-order valence-corrected chi connectivity index (χ1v) is 17.6. The summed E-state index contributed by atoms with van der Waals surface area (Å²) in [6, 6.07) is 8.77. The SMILES string of the molecule is CC(CCC(=O)NC=O)N1C(=O)c2ccc(N3CC(F)(CN4CCC(n5cc6cc(NC(=O)C(=CN)c7ncccn7)c(F)cc6n5)CC4)C3)cc2C1=O. The summed E-state index contributed by atoms with van der Waals surface area (Å²) in [6.07, 6.45) is 7.71. The van der Waals surface area contributed by atoms with E-state index in [4.69, 9.17) is 5.73 Å². The number of alkyl halides is 1. The number of benzene rings is 2. The molecule has 4 aromatic rings. The van der Waals surface area contributed by atoms with E-state index in [-0.39, 0.29) is 66.7 Å². The number of likely N-dealkylation sites (tertiary alicyclic amines) is 1. The summed E-state index contributed by atoms with van der Waals surface area (Å²) in [5, 5.41) is 9.83. The van der Waals surface area contributed by atoms with Crippen molar-refractivity contribution in [3.05, 3.63) is 84.0 Å². The molecule has 2 aromatic carbocycles. The Balaban J connectivity index is 0.918. The summed E-state index contributed by atoms with van der Waals surface area (Å²) in [6.45, 7) is 3.45. The lowest BCUT2D eigenvalue weighted by atomic mass is 9.92. The Morgan fingerprint density at radius 2 is 1.80 bits per heavy atom. The van der Waals surface area contributed by atoms with E-state index in [0.717, 1.165) is 11.1 Å². The molecule has 1 unspecified atom stereocenters. The summed E-state index contributed by atoms with van der Waals surface area (Å²) >= 11 is 0. The molecule has 7 rings (SSSR count). The van der Waals surface area contributed by atoms with Crippen molar-refractivity contribution in [3.63, 3.8) is 0 Å². The molecule has 0 spiro atoms. The maximum absolute atomic E-state index is 15.9. The molecule has 0 saturated carbocycles. The molecule has 1 atom stereocenters. The predicted octanol–water partition coefficient (Wildman–Crippen LogP) is 2.81. The van der Waals surface area contributed by atoms with Gasteiger partial charge in [-0.1, -0.05) is 0 Å². The third kappa shape index (κ3) is 7.13. The van der Waals surface area contributed by atoms with Crippen LogP contribution in [-0.4, -0.2) is 104 Å². The van der Waals surface area contributed by atoms with E-state index in [1.54, 1.807) is 35.9 Å². The maximum atomic E-state index is 15.9. The Kier molecular flexibility index (Phi) is 9.89. The van der Waals surface area contributed by atoms with Crippen molar-refractivity contribution in [3.8, 4) is 0 Å². The van der Waals surface area contributed by atoms with Gasteiger partial charge in [-0.25, -0.2) is 18.7 Å². The van der Waals surface area contributed by atoms with Crippen LogP contribution in [0.2, 0.25) is 0 Å². The molecule has 3 aliphatic heterocycles. The number of carbonyl (C=O) groups excluding carboxylic acids is 5. The van der Waals surface area contributed by atoms with Crippen LogP contribution in [0.15, 0.2) is 61.2 Å². The highest BCUT2D eigenvalue weighted by atomic mass is 19.1. The van der Waals surface area contributed by atoms with Gasteiger partial charge in [0.15, 0.2) is 11.5 Å². The number of halogens is 2. The molecule has 280 valence electrons. The number of hydrogen-bond acceptors (Lipinski definition) is 11. The Morgan fingerprint density at radius 1 is 1.07 bits per heavy atom. The summed E-state index contributed by atoms with van der Waals surface area (Å²) < 4.78 is 32.8. The van der Waals surface area contributed by atoms with E-state index < -0.39 is 41.2 Å². The first-order valence-electron chi connectivity index (χ1n) is 17.6. The Labute approximate surface area is 308 Å². The van der Waals surface area contributed by atoms with Gasteiger partial charge in [-0.3, -0.25) is 43.8 Å². The van der Waals surface area contributed by atoms with E-state index in [1.165, 1.54) is 24.5 Å². The van der Waals surface area contributed by atoms with E-state index >= 15 is 8.78 Å². The molecule has 4 N–H and O–H groups in total. The quantitative estimate of drug-likeness (QED) is 0.110. The monoisotopic (exact) mass is 740 g/mol. The van der Waals surface area contributed by atoms with Crippen molar-refractivity contribution < 1.29 is 32.8 Å². The number of hydrogen-bond donors (Lipinski definition) is 3. The molecule has 0 bridgehead atoms. The Hall–Kier alpha value is -6.10. The predicted molar refractivity (Wildman–Crippen MR) is 193 cm³/mol. The second-order valence-corrected chi connectivity index (χ2v) is 13.9. The van der Waals surface area contributed by atoms with Gasteiger partial charge in [0.2, 0.25) is 12.3 Å². The van der Waals surface area contributed by atoms with Crippen molar-refractivity contribution in [1.29, 1.82) is 0 Å². The number of anilines is 2. The highest BCUT2D eigenvalue weighted by Gasteiger charge is 2.46. The second kappa shape index (κ2) is 14.7. The summed E-state index contributed by atoms with van der Waals surface area (Å²) in [7, 11) is 0. The maximum Gasteiger partial charge on any atom is 0.261 e. The number of rotatable bonds is 12. The van der Waals surface area contributed by atoms with Gasteiger partial charge >= 0.3 is 0 Å². The minimum atomic E-state index is -1.46. The highest BCUT2D eigenvalue weighted by molar-refractivity contribution is 6.24. The summed E-state index contributed by atoms with van der Waals surface area (Å²) in [4.78, 5) is 74.4. The Bertz CT molecular complexity index is 2160. The lowest BCUT2D eigenvalue weighted by Crippen LogP contribution is -2.64. The number of amides is 5. The summed E-state index contributed by atoms with van der Waals surface area (Å²) in [5.41, 5.74) is 5.73. The number of aromatic nitrogens is 4. The topological polar surface area (TPSA) is 189 Å². The molecular weight excluding hydrogens is 702 g/mol. The molecule has 0 aliphatic carbocycles. The van der Waals surface area contributed by atoms with E-state index in [0.29, 0.717) is 48.9 Å². The minimum Gasteiger partial charge on any atom is -0.404 e. The third-order valence-corrected chi connectivity index (χ3v) is 10.2. The minimum absolute atomic E-state index is 0.00331. The molecule has 15 nitrogen and oxygen atoms in total. The average Bonchev–Trinajstić information content (AvgIpc) is 3.67. The average molecular weight is 741 g/mol. The standard InChI is InChI=1S/C37H38F2N10O5/c1-22(3-6-32(51)43-21-50)49-35(53)26-5-4-25(14-27(26)36(49)54)47-19-37(39,20-47)18-46-11-7-24(8-12-46)48-17-23-13-31(29(38)15-30(23)45-48)44-34(52)28(16-40)33-41-9-2-10-42-33/h2,4-5,9-10,13-17,21-22,24H,3,6-8,11-12,18-20,40H2,1H3,(H,44,52)(H,43,50,51). The van der Waals surface area contributed by atoms with Crippen LogP contribution in [0.25, 0.3) is 16.5 Å². The van der Waals surface area contributed by atoms with Crippen LogP contribution in [0.3, 0.4) is 0 Å². The molecule has 2 aromatic heterocycles. The van der Waals surface area contributed by atoms with Gasteiger partial charge in [-0.15, -0.1) is 0 Å². The number of imide groups is 2. The van der Waals surface area contributed by atoms with Crippen LogP contribution < -0.4 is 21.3 Å². The molecule has 54 heavy (non-hydrogen) atoms. The molecule has 5 heterocycles. The Morgan fingerprint density at radius 3 is 2.50 bits per heavy atom. The van der Waals surface area contributed by atoms with Crippen LogP contribution in [0.4, 0.5) is 20.2 Å². The van der Waals surface area contributed by atoms with Gasteiger partial charge in [0, 0.05) is 74.0 Å². The van der Waals surface area contributed by atoms with Gasteiger partial charge in [0.05, 0.1) is 47.0 Å². The molecular formula is C37H38F2N10O5. The molecule has 5 amide bonds. The van der Waals surface area contributed by atoms with Crippen LogP contribution in [-0.2, 0) is 14.4 Å². The van der Waals surface area contributed by atoms with Crippen LogP contribution in [0.1, 0.15) is 65.2 Å². The van der Waals surface area contributed by atoms with Crippen molar-refractivity contribution in [2.45, 2.75) is 50.4 Å². The zero-order valence-corrected chi connectivity index (χ0v) is 29.4. The van der Waals surface area contributed by atoms with Gasteiger partial charge in [0.25, 0.3) is 17.7 Å². The number of piperidine rings is 1. The van der Waals surface area contributed by atoms with Gasteiger partial charge < -0.3 is 16.0 Å². The zero-order valence-electron chi connectivity index (χ0n) is 29.4. The molecule has 2 fully saturated rings. The second-order valence-electron chi connectivity index (χ2n) is 13.9. The number of nitrogens with zero attached hydrogens (tertiary/aromatic N) is 7. The van der Waals surface area contributed by atoms with Gasteiger partial charge in [-0.2, -0.15) is 5.10 Å².